The first-order valence-electron chi connectivity index (χ1n) is 12.8. The quantitative estimate of drug-likeness (QED) is 0.698. The van der Waals surface area contributed by atoms with Crippen LogP contribution in [-0.4, -0.2) is 54.8 Å². The summed E-state index contributed by atoms with van der Waals surface area (Å²) < 4.78 is 0. The maximum Gasteiger partial charge on any atom is 0.253 e. The summed E-state index contributed by atoms with van der Waals surface area (Å²) in [6.07, 6.45) is 4.85. The van der Waals surface area contributed by atoms with Gasteiger partial charge in [-0.1, -0.05) is 26.0 Å². The molecule has 0 saturated carbocycles. The lowest BCUT2D eigenvalue weighted by molar-refractivity contribution is -0.123. The van der Waals surface area contributed by atoms with E-state index >= 15 is 0 Å². The highest BCUT2D eigenvalue weighted by molar-refractivity contribution is 6.11. The van der Waals surface area contributed by atoms with Gasteiger partial charge < -0.3 is 15.1 Å². The molecule has 1 N–H and O–H groups in total. The highest BCUT2D eigenvalue weighted by Gasteiger charge is 2.40. The van der Waals surface area contributed by atoms with E-state index in [1.807, 2.05) is 47.4 Å². The van der Waals surface area contributed by atoms with Crippen molar-refractivity contribution >= 4 is 34.8 Å². The Morgan fingerprint density at radius 3 is 2.37 bits per heavy atom. The van der Waals surface area contributed by atoms with Crippen molar-refractivity contribution in [2.75, 3.05) is 41.3 Å². The second-order valence-corrected chi connectivity index (χ2v) is 10.2. The topological polar surface area (TPSA) is 73.0 Å². The zero-order valence-electron chi connectivity index (χ0n) is 20.6. The molecule has 7 nitrogen and oxygen atoms in total. The number of anilines is 3. The maximum absolute atomic E-state index is 13.6. The van der Waals surface area contributed by atoms with Crippen molar-refractivity contribution in [3.63, 3.8) is 0 Å². The molecule has 184 valence electrons. The second kappa shape index (κ2) is 9.72. The van der Waals surface area contributed by atoms with Gasteiger partial charge in [-0.25, -0.2) is 0 Å². The highest BCUT2D eigenvalue weighted by atomic mass is 16.2. The van der Waals surface area contributed by atoms with Gasteiger partial charge in [-0.2, -0.15) is 0 Å². The molecule has 0 spiro atoms. The van der Waals surface area contributed by atoms with E-state index in [9.17, 15) is 14.4 Å². The molecule has 2 saturated heterocycles. The van der Waals surface area contributed by atoms with Crippen LogP contribution in [-0.2, 0) is 9.59 Å². The molecule has 0 radical (unpaired) electrons. The molecule has 0 aliphatic carbocycles. The fourth-order valence-corrected chi connectivity index (χ4v) is 5.45. The zero-order valence-corrected chi connectivity index (χ0v) is 20.6. The Morgan fingerprint density at radius 1 is 0.943 bits per heavy atom. The van der Waals surface area contributed by atoms with E-state index in [1.165, 1.54) is 5.56 Å². The Hall–Kier alpha value is -3.35. The summed E-state index contributed by atoms with van der Waals surface area (Å²) in [6, 6.07) is 13.2. The van der Waals surface area contributed by atoms with Crippen molar-refractivity contribution in [3.8, 4) is 0 Å². The van der Waals surface area contributed by atoms with Gasteiger partial charge in [0.25, 0.3) is 5.91 Å². The summed E-state index contributed by atoms with van der Waals surface area (Å²) in [6.45, 7) is 6.53. The SMILES string of the molecule is CC(C)c1ccc(NC(=O)CN2C(=O)C3CCCCN3c3ccc(C(=O)N4CCCC4)cc32)cc1. The Kier molecular flexibility index (Phi) is 6.50. The molecule has 1 atom stereocenters. The van der Waals surface area contributed by atoms with E-state index in [4.69, 9.17) is 0 Å². The van der Waals surface area contributed by atoms with Gasteiger partial charge in [0.2, 0.25) is 11.8 Å². The molecular weight excluding hydrogens is 440 g/mol. The molecule has 0 aromatic heterocycles. The van der Waals surface area contributed by atoms with Crippen LogP contribution in [0, 0.1) is 0 Å². The number of piperidine rings is 1. The fraction of sp³-hybridized carbons (Fsp3) is 0.464. The highest BCUT2D eigenvalue weighted by Crippen LogP contribution is 2.40. The minimum atomic E-state index is -0.255. The van der Waals surface area contributed by atoms with Gasteiger partial charge >= 0.3 is 0 Å². The summed E-state index contributed by atoms with van der Waals surface area (Å²) in [5.41, 5.74) is 4.07. The van der Waals surface area contributed by atoms with E-state index < -0.39 is 0 Å². The van der Waals surface area contributed by atoms with Crippen LogP contribution in [0.2, 0.25) is 0 Å². The number of hydrogen-bond donors (Lipinski definition) is 1. The van der Waals surface area contributed by atoms with Crippen LogP contribution in [0.1, 0.15) is 67.8 Å². The fourth-order valence-electron chi connectivity index (χ4n) is 5.45. The van der Waals surface area contributed by atoms with Crippen LogP contribution in [0.3, 0.4) is 0 Å². The third-order valence-corrected chi connectivity index (χ3v) is 7.43. The lowest BCUT2D eigenvalue weighted by Crippen LogP contribution is -2.56. The Bertz CT molecular complexity index is 1120. The first kappa shape index (κ1) is 23.4. The molecule has 1 unspecified atom stereocenters. The maximum atomic E-state index is 13.6. The van der Waals surface area contributed by atoms with Gasteiger partial charge in [0.05, 0.1) is 11.4 Å². The molecule has 3 heterocycles. The standard InChI is InChI=1S/C28H34N4O3/c1-19(2)20-8-11-22(12-9-20)29-26(33)18-32-25-17-21(27(34)30-14-5-6-15-30)10-13-23(25)31-16-4-3-7-24(31)28(32)35/h8-13,17,19,24H,3-7,14-16,18H2,1-2H3,(H,29,33). The normalized spacial score (nSPS) is 19.6. The van der Waals surface area contributed by atoms with Crippen molar-refractivity contribution in [3.05, 3.63) is 53.6 Å². The van der Waals surface area contributed by atoms with Crippen molar-refractivity contribution in [2.24, 2.45) is 0 Å². The number of nitrogens with zero attached hydrogens (tertiary/aromatic N) is 3. The zero-order chi connectivity index (χ0) is 24.5. The van der Waals surface area contributed by atoms with E-state index in [0.717, 1.165) is 57.4 Å². The number of carbonyl (C=O) groups is 3. The van der Waals surface area contributed by atoms with Crippen LogP contribution in [0.5, 0.6) is 0 Å². The molecule has 3 aliphatic rings. The Labute approximate surface area is 207 Å². The van der Waals surface area contributed by atoms with Crippen molar-refractivity contribution < 1.29 is 14.4 Å². The van der Waals surface area contributed by atoms with Crippen LogP contribution in [0.25, 0.3) is 0 Å². The molecular formula is C28H34N4O3. The van der Waals surface area contributed by atoms with Crippen LogP contribution in [0.15, 0.2) is 42.5 Å². The Balaban J connectivity index is 1.41. The van der Waals surface area contributed by atoms with Gasteiger partial charge in [0, 0.05) is 30.9 Å². The van der Waals surface area contributed by atoms with Crippen LogP contribution < -0.4 is 15.1 Å². The molecule has 7 heteroatoms. The molecule has 3 aliphatic heterocycles. The van der Waals surface area contributed by atoms with Crippen LogP contribution in [0.4, 0.5) is 17.1 Å². The van der Waals surface area contributed by atoms with Gasteiger partial charge in [-0.3, -0.25) is 19.3 Å². The molecule has 3 amide bonds. The summed E-state index contributed by atoms with van der Waals surface area (Å²) in [5, 5.41) is 2.94. The number of likely N-dealkylation sites (tertiary alicyclic amines) is 1. The van der Waals surface area contributed by atoms with Gasteiger partial charge in [-0.15, -0.1) is 0 Å². The molecule has 2 fully saturated rings. The third-order valence-electron chi connectivity index (χ3n) is 7.43. The number of amides is 3. The molecule has 2 aromatic rings. The van der Waals surface area contributed by atoms with Crippen molar-refractivity contribution in [1.82, 2.24) is 4.90 Å². The molecule has 0 bridgehead atoms. The van der Waals surface area contributed by atoms with Gasteiger partial charge in [0.1, 0.15) is 12.6 Å². The van der Waals surface area contributed by atoms with Gasteiger partial charge in [-0.05, 0) is 73.9 Å². The smallest absolute Gasteiger partial charge is 0.253 e. The Morgan fingerprint density at radius 2 is 1.66 bits per heavy atom. The van der Waals surface area contributed by atoms with E-state index in [1.54, 1.807) is 4.90 Å². The number of rotatable bonds is 5. The predicted octanol–water partition coefficient (Wildman–Crippen LogP) is 4.39. The van der Waals surface area contributed by atoms with Crippen molar-refractivity contribution in [2.45, 2.75) is 57.9 Å². The average Bonchev–Trinajstić information content (AvgIpc) is 3.41. The molecule has 5 rings (SSSR count). The minimum Gasteiger partial charge on any atom is -0.358 e. The lowest BCUT2D eigenvalue weighted by Gasteiger charge is -2.45. The summed E-state index contributed by atoms with van der Waals surface area (Å²) in [4.78, 5) is 45.3. The summed E-state index contributed by atoms with van der Waals surface area (Å²) >= 11 is 0. The number of benzene rings is 2. The second-order valence-electron chi connectivity index (χ2n) is 10.2. The van der Waals surface area contributed by atoms with E-state index in [-0.39, 0.29) is 30.3 Å². The summed E-state index contributed by atoms with van der Waals surface area (Å²) in [7, 11) is 0. The first-order chi connectivity index (χ1) is 16.9. The minimum absolute atomic E-state index is 0.00633. The number of nitrogens with one attached hydrogen (secondary N) is 1. The van der Waals surface area contributed by atoms with Crippen LogP contribution >= 0.6 is 0 Å². The van der Waals surface area contributed by atoms with E-state index in [2.05, 4.69) is 24.1 Å². The third kappa shape index (κ3) is 4.64. The lowest BCUT2D eigenvalue weighted by atomic mass is 9.95. The average molecular weight is 475 g/mol. The number of fused-ring (bicyclic) bond motifs is 3. The summed E-state index contributed by atoms with van der Waals surface area (Å²) in [5.74, 6) is 0.0988. The molecule has 35 heavy (non-hydrogen) atoms. The number of hydrogen-bond acceptors (Lipinski definition) is 4. The van der Waals surface area contributed by atoms with Crippen molar-refractivity contribution in [1.29, 1.82) is 0 Å². The number of carbonyl (C=O) groups excluding carboxylic acids is 3. The molecule has 2 aromatic carbocycles. The largest absolute Gasteiger partial charge is 0.358 e. The van der Waals surface area contributed by atoms with E-state index in [0.29, 0.717) is 22.9 Å². The monoisotopic (exact) mass is 474 g/mol. The first-order valence-corrected chi connectivity index (χ1v) is 12.8. The predicted molar refractivity (Wildman–Crippen MR) is 138 cm³/mol. The van der Waals surface area contributed by atoms with Gasteiger partial charge in [0.15, 0.2) is 0 Å².